The third-order valence-corrected chi connectivity index (χ3v) is 4.18. The monoisotopic (exact) mass is 270 g/mol. The van der Waals surface area contributed by atoms with Gasteiger partial charge in [-0.25, -0.2) is 0 Å². The van der Waals surface area contributed by atoms with Gasteiger partial charge in [0.25, 0.3) is 0 Å². The average molecular weight is 270 g/mol. The lowest BCUT2D eigenvalue weighted by molar-refractivity contribution is -0.113. The third kappa shape index (κ3) is 3.59. The van der Waals surface area contributed by atoms with Crippen molar-refractivity contribution in [3.63, 3.8) is 0 Å². The van der Waals surface area contributed by atoms with Gasteiger partial charge in [0, 0.05) is 12.0 Å². The molecule has 0 spiro atoms. The summed E-state index contributed by atoms with van der Waals surface area (Å²) in [5.41, 5.74) is 4.94. The van der Waals surface area contributed by atoms with Crippen LogP contribution in [0.15, 0.2) is 29.8 Å². The number of carbonyl (C=O) groups is 1. The van der Waals surface area contributed by atoms with E-state index in [0.29, 0.717) is 12.2 Å². The number of Topliss-reactive ketones (excluding diaryl/α,β-unsaturated/α-hetero) is 1. The van der Waals surface area contributed by atoms with E-state index in [1.807, 2.05) is 0 Å². The molecule has 0 N–H and O–H groups in total. The van der Waals surface area contributed by atoms with E-state index in [0.717, 1.165) is 30.4 Å². The molecule has 0 unspecified atom stereocenters. The predicted molar refractivity (Wildman–Crippen MR) is 85.7 cm³/mol. The van der Waals surface area contributed by atoms with E-state index in [9.17, 15) is 4.79 Å². The minimum absolute atomic E-state index is 0.345. The average Bonchev–Trinajstić information content (AvgIpc) is 2.84. The minimum atomic E-state index is 0.345. The van der Waals surface area contributed by atoms with Gasteiger partial charge in [0.1, 0.15) is 0 Å². The lowest BCUT2D eigenvalue weighted by Gasteiger charge is -2.08. The fraction of sp³-hybridized carbons (Fsp3) is 0.526. The molecule has 1 aliphatic rings. The van der Waals surface area contributed by atoms with Crippen molar-refractivity contribution < 1.29 is 4.79 Å². The summed E-state index contributed by atoms with van der Waals surface area (Å²) in [5.74, 6) is 0.345. The van der Waals surface area contributed by atoms with Gasteiger partial charge in [-0.2, -0.15) is 0 Å². The number of unbranched alkanes of at least 4 members (excludes halogenated alkanes) is 2. The zero-order valence-electron chi connectivity index (χ0n) is 12.9. The Morgan fingerprint density at radius 2 is 1.55 bits per heavy atom. The second kappa shape index (κ2) is 7.42. The number of ketones is 1. The molecule has 0 saturated heterocycles. The Morgan fingerprint density at radius 3 is 2.20 bits per heavy atom. The number of allylic oxidation sites excluding steroid dienone is 2. The molecule has 0 radical (unpaired) electrons. The van der Waals surface area contributed by atoms with Crippen molar-refractivity contribution in [2.75, 3.05) is 0 Å². The van der Waals surface area contributed by atoms with Crippen LogP contribution in [0.25, 0.3) is 5.57 Å². The number of rotatable bonds is 7. The Balaban J connectivity index is 2.17. The molecule has 2 rings (SSSR count). The molecule has 1 aromatic rings. The van der Waals surface area contributed by atoms with Crippen LogP contribution in [0.1, 0.15) is 69.9 Å². The van der Waals surface area contributed by atoms with Crippen molar-refractivity contribution in [3.05, 3.63) is 41.0 Å². The van der Waals surface area contributed by atoms with E-state index in [-0.39, 0.29) is 0 Å². The lowest BCUT2D eigenvalue weighted by Crippen LogP contribution is -1.97. The van der Waals surface area contributed by atoms with Crippen LogP contribution in [0.3, 0.4) is 0 Å². The van der Waals surface area contributed by atoms with Crippen LogP contribution in [-0.2, 0) is 11.2 Å². The Labute approximate surface area is 123 Å². The van der Waals surface area contributed by atoms with Crippen LogP contribution >= 0.6 is 0 Å². The van der Waals surface area contributed by atoms with E-state index < -0.39 is 0 Å². The van der Waals surface area contributed by atoms with E-state index in [1.165, 1.54) is 36.8 Å². The number of benzene rings is 1. The third-order valence-electron chi connectivity index (χ3n) is 4.18. The highest BCUT2D eigenvalue weighted by molar-refractivity contribution is 6.23. The van der Waals surface area contributed by atoms with Crippen molar-refractivity contribution in [1.29, 1.82) is 0 Å². The highest BCUT2D eigenvalue weighted by atomic mass is 16.1. The molecule has 1 aromatic carbocycles. The zero-order chi connectivity index (χ0) is 14.4. The predicted octanol–water partition coefficient (Wildman–Crippen LogP) is 5.34. The molecule has 0 heterocycles. The van der Waals surface area contributed by atoms with Gasteiger partial charge in [-0.1, -0.05) is 56.5 Å². The summed E-state index contributed by atoms with van der Waals surface area (Å²) >= 11 is 0. The van der Waals surface area contributed by atoms with E-state index in [4.69, 9.17) is 0 Å². The van der Waals surface area contributed by atoms with E-state index in [2.05, 4.69) is 38.1 Å². The first-order valence-corrected chi connectivity index (χ1v) is 8.10. The molecule has 0 aliphatic heterocycles. The van der Waals surface area contributed by atoms with Crippen molar-refractivity contribution >= 4 is 11.4 Å². The van der Waals surface area contributed by atoms with Crippen LogP contribution < -0.4 is 0 Å². The fourth-order valence-corrected chi connectivity index (χ4v) is 2.94. The van der Waals surface area contributed by atoms with Gasteiger partial charge in [-0.3, -0.25) is 4.79 Å². The van der Waals surface area contributed by atoms with Crippen LogP contribution in [0, 0.1) is 0 Å². The molecule has 1 aliphatic carbocycles. The van der Waals surface area contributed by atoms with Gasteiger partial charge in [-0.15, -0.1) is 0 Å². The number of hydrogen-bond donors (Lipinski definition) is 0. The van der Waals surface area contributed by atoms with Gasteiger partial charge in [-0.05, 0) is 43.2 Å². The van der Waals surface area contributed by atoms with Gasteiger partial charge in [0.05, 0.1) is 0 Å². The molecule has 108 valence electrons. The smallest absolute Gasteiger partial charge is 0.163 e. The van der Waals surface area contributed by atoms with Crippen LogP contribution in [0.4, 0.5) is 0 Å². The molecule has 1 heteroatoms. The Bertz CT molecular complexity index is 479. The summed E-state index contributed by atoms with van der Waals surface area (Å²) < 4.78 is 0. The second-order valence-corrected chi connectivity index (χ2v) is 5.81. The topological polar surface area (TPSA) is 17.1 Å². The summed E-state index contributed by atoms with van der Waals surface area (Å²) in [5, 5.41) is 0. The fourth-order valence-electron chi connectivity index (χ4n) is 2.94. The van der Waals surface area contributed by atoms with Crippen molar-refractivity contribution in [2.45, 2.75) is 65.2 Å². The van der Waals surface area contributed by atoms with E-state index in [1.54, 1.807) is 0 Å². The second-order valence-electron chi connectivity index (χ2n) is 5.81. The van der Waals surface area contributed by atoms with Gasteiger partial charge >= 0.3 is 0 Å². The molecule has 0 atom stereocenters. The minimum Gasteiger partial charge on any atom is -0.294 e. The van der Waals surface area contributed by atoms with Crippen molar-refractivity contribution in [3.8, 4) is 0 Å². The molecule has 0 aromatic heterocycles. The molecule has 1 nitrogen and oxygen atoms in total. The van der Waals surface area contributed by atoms with Gasteiger partial charge < -0.3 is 0 Å². The van der Waals surface area contributed by atoms with Crippen LogP contribution in [0.5, 0.6) is 0 Å². The van der Waals surface area contributed by atoms with Crippen molar-refractivity contribution in [1.82, 2.24) is 0 Å². The summed E-state index contributed by atoms with van der Waals surface area (Å²) in [6.45, 7) is 4.43. The van der Waals surface area contributed by atoms with Crippen LogP contribution in [0.2, 0.25) is 0 Å². The molecule has 0 bridgehead atoms. The van der Waals surface area contributed by atoms with Gasteiger partial charge in [0.2, 0.25) is 0 Å². The maximum Gasteiger partial charge on any atom is 0.163 e. The standard InChI is InChI=1S/C19H26O/c1-3-5-7-15-9-11-17(12-10-15)19-16(8-6-4-2)13-14-18(19)20/h9-12H,3-8,13-14H2,1-2H3. The van der Waals surface area contributed by atoms with Gasteiger partial charge in [0.15, 0.2) is 5.78 Å². The number of carbonyl (C=O) groups excluding carboxylic acids is 1. The zero-order valence-corrected chi connectivity index (χ0v) is 12.9. The number of aryl methyl sites for hydroxylation is 1. The normalized spacial score (nSPS) is 15.2. The van der Waals surface area contributed by atoms with Crippen LogP contribution in [-0.4, -0.2) is 5.78 Å². The first-order valence-electron chi connectivity index (χ1n) is 8.10. The Morgan fingerprint density at radius 1 is 0.900 bits per heavy atom. The Hall–Kier alpha value is -1.37. The summed E-state index contributed by atoms with van der Waals surface area (Å²) in [4.78, 5) is 12.1. The number of hydrogen-bond acceptors (Lipinski definition) is 1. The summed E-state index contributed by atoms with van der Waals surface area (Å²) in [7, 11) is 0. The first kappa shape index (κ1) is 15.0. The maximum atomic E-state index is 12.1. The molecule has 0 saturated carbocycles. The maximum absolute atomic E-state index is 12.1. The highest BCUT2D eigenvalue weighted by Gasteiger charge is 2.23. The van der Waals surface area contributed by atoms with Crippen molar-refractivity contribution in [2.24, 2.45) is 0 Å². The molecular formula is C19H26O. The largest absolute Gasteiger partial charge is 0.294 e. The Kier molecular flexibility index (Phi) is 5.58. The summed E-state index contributed by atoms with van der Waals surface area (Å²) in [6, 6.07) is 8.69. The van der Waals surface area contributed by atoms with E-state index >= 15 is 0 Å². The summed E-state index contributed by atoms with van der Waals surface area (Å²) in [6.07, 6.45) is 8.79. The molecule has 0 fully saturated rings. The SMILES string of the molecule is CCCCC1=C(c2ccc(CCCC)cc2)C(=O)CC1. The molecule has 20 heavy (non-hydrogen) atoms. The lowest BCUT2D eigenvalue weighted by atomic mass is 9.96. The highest BCUT2D eigenvalue weighted by Crippen LogP contribution is 2.34. The first-order chi connectivity index (χ1) is 9.76. The molecule has 0 amide bonds. The molecular weight excluding hydrogens is 244 g/mol. The quantitative estimate of drug-likeness (QED) is 0.654.